The molecule has 0 fully saturated rings. The summed E-state index contributed by atoms with van der Waals surface area (Å²) >= 11 is 6.00. The summed E-state index contributed by atoms with van der Waals surface area (Å²) in [6.07, 6.45) is 0.718. The maximum Gasteiger partial charge on any atom is 0.126 e. The molecule has 0 saturated carbocycles. The summed E-state index contributed by atoms with van der Waals surface area (Å²) in [5.41, 5.74) is 6.75. The van der Waals surface area contributed by atoms with Crippen molar-refractivity contribution in [3.63, 3.8) is 0 Å². The van der Waals surface area contributed by atoms with Gasteiger partial charge >= 0.3 is 0 Å². The average Bonchev–Trinajstić information content (AvgIpc) is 2.20. The minimum atomic E-state index is -0.201. The van der Waals surface area contributed by atoms with E-state index in [-0.39, 0.29) is 5.82 Å². The van der Waals surface area contributed by atoms with Crippen LogP contribution in [0.15, 0.2) is 12.1 Å². The lowest BCUT2D eigenvalue weighted by molar-refractivity contribution is 0.614. The molecule has 0 aromatic heterocycles. The molecule has 0 aliphatic rings. The highest BCUT2D eigenvalue weighted by Gasteiger charge is 2.05. The molecule has 15 heavy (non-hydrogen) atoms. The third kappa shape index (κ3) is 3.78. The zero-order valence-electron chi connectivity index (χ0n) is 8.82. The van der Waals surface area contributed by atoms with Crippen LogP contribution in [0.5, 0.6) is 0 Å². The number of halogens is 2. The number of nitrogens with two attached hydrogens (primary N) is 1. The first-order valence-corrected chi connectivity index (χ1v) is 5.38. The van der Waals surface area contributed by atoms with Crippen molar-refractivity contribution >= 4 is 11.6 Å². The smallest absolute Gasteiger partial charge is 0.126 e. The highest BCUT2D eigenvalue weighted by Crippen LogP contribution is 2.20. The second-order valence-electron chi connectivity index (χ2n) is 3.48. The van der Waals surface area contributed by atoms with Gasteiger partial charge in [0.2, 0.25) is 0 Å². The van der Waals surface area contributed by atoms with Crippen molar-refractivity contribution in [1.29, 1.82) is 0 Å². The van der Waals surface area contributed by atoms with Crippen LogP contribution < -0.4 is 11.1 Å². The zero-order valence-corrected chi connectivity index (χ0v) is 9.57. The molecule has 0 atom stereocenters. The van der Waals surface area contributed by atoms with Crippen molar-refractivity contribution in [2.45, 2.75) is 13.3 Å². The molecule has 0 radical (unpaired) electrons. The van der Waals surface area contributed by atoms with E-state index in [0.29, 0.717) is 17.1 Å². The number of hydrogen-bond donors (Lipinski definition) is 2. The SMILES string of the molecule is Cc1cc(Cl)c(CCNCCN)cc1F. The van der Waals surface area contributed by atoms with E-state index in [1.54, 1.807) is 13.0 Å². The molecule has 2 nitrogen and oxygen atoms in total. The predicted octanol–water partition coefficient (Wildman–Crippen LogP) is 1.88. The van der Waals surface area contributed by atoms with E-state index in [9.17, 15) is 4.39 Å². The van der Waals surface area contributed by atoms with E-state index in [0.717, 1.165) is 25.1 Å². The van der Waals surface area contributed by atoms with Crippen LogP contribution in [0.3, 0.4) is 0 Å². The zero-order chi connectivity index (χ0) is 11.3. The molecule has 1 aromatic rings. The number of benzene rings is 1. The Labute approximate surface area is 94.6 Å². The van der Waals surface area contributed by atoms with Gasteiger partial charge in [0.05, 0.1) is 0 Å². The van der Waals surface area contributed by atoms with Gasteiger partial charge in [0.25, 0.3) is 0 Å². The Morgan fingerprint density at radius 1 is 1.40 bits per heavy atom. The van der Waals surface area contributed by atoms with Gasteiger partial charge in [-0.05, 0) is 43.1 Å². The molecule has 84 valence electrons. The number of rotatable bonds is 5. The lowest BCUT2D eigenvalue weighted by Crippen LogP contribution is -2.24. The molecule has 0 spiro atoms. The Balaban J connectivity index is 2.57. The first-order chi connectivity index (χ1) is 7.15. The van der Waals surface area contributed by atoms with Crippen LogP contribution >= 0.6 is 11.6 Å². The van der Waals surface area contributed by atoms with E-state index < -0.39 is 0 Å². The Hall–Kier alpha value is -0.640. The second-order valence-corrected chi connectivity index (χ2v) is 3.89. The summed E-state index contributed by atoms with van der Waals surface area (Å²) in [5, 5.41) is 3.77. The fourth-order valence-electron chi connectivity index (χ4n) is 1.33. The van der Waals surface area contributed by atoms with Gasteiger partial charge in [-0.1, -0.05) is 11.6 Å². The second kappa shape index (κ2) is 6.05. The number of hydrogen-bond acceptors (Lipinski definition) is 2. The van der Waals surface area contributed by atoms with Crippen molar-refractivity contribution in [3.8, 4) is 0 Å². The van der Waals surface area contributed by atoms with Gasteiger partial charge in [0, 0.05) is 18.1 Å². The summed E-state index contributed by atoms with van der Waals surface area (Å²) in [6, 6.07) is 3.16. The summed E-state index contributed by atoms with van der Waals surface area (Å²) in [5.74, 6) is -0.201. The normalized spacial score (nSPS) is 10.7. The molecule has 0 aliphatic heterocycles. The van der Waals surface area contributed by atoms with Crippen LogP contribution in [-0.2, 0) is 6.42 Å². The molecule has 3 N–H and O–H groups in total. The molecule has 0 aliphatic carbocycles. The predicted molar refractivity (Wildman–Crippen MR) is 61.8 cm³/mol. The van der Waals surface area contributed by atoms with E-state index >= 15 is 0 Å². The van der Waals surface area contributed by atoms with Gasteiger partial charge in [-0.2, -0.15) is 0 Å². The number of aryl methyl sites for hydroxylation is 1. The molecule has 0 bridgehead atoms. The van der Waals surface area contributed by atoms with Crippen LogP contribution in [0.1, 0.15) is 11.1 Å². The Morgan fingerprint density at radius 3 is 2.80 bits per heavy atom. The van der Waals surface area contributed by atoms with Gasteiger partial charge in [-0.3, -0.25) is 0 Å². The molecule has 4 heteroatoms. The van der Waals surface area contributed by atoms with Gasteiger partial charge in [0.1, 0.15) is 5.82 Å². The van der Waals surface area contributed by atoms with Gasteiger partial charge in [-0.25, -0.2) is 4.39 Å². The van der Waals surface area contributed by atoms with E-state index in [2.05, 4.69) is 5.32 Å². The Morgan fingerprint density at radius 2 is 2.13 bits per heavy atom. The topological polar surface area (TPSA) is 38.0 Å². The number of nitrogens with one attached hydrogen (secondary N) is 1. The molecule has 1 aromatic carbocycles. The minimum Gasteiger partial charge on any atom is -0.329 e. The fraction of sp³-hybridized carbons (Fsp3) is 0.455. The fourth-order valence-corrected chi connectivity index (χ4v) is 1.64. The van der Waals surface area contributed by atoms with Crippen LogP contribution in [0.25, 0.3) is 0 Å². The molecule has 0 amide bonds. The standard InChI is InChI=1S/C11H16ClFN2/c1-8-6-10(12)9(7-11(8)13)2-4-15-5-3-14/h6-7,15H,2-5,14H2,1H3. The third-order valence-corrected chi connectivity index (χ3v) is 2.57. The quantitative estimate of drug-likeness (QED) is 0.758. The lowest BCUT2D eigenvalue weighted by Gasteiger charge is -2.07. The van der Waals surface area contributed by atoms with Gasteiger partial charge in [-0.15, -0.1) is 0 Å². The van der Waals surface area contributed by atoms with Crippen LogP contribution in [0.2, 0.25) is 5.02 Å². The van der Waals surface area contributed by atoms with Crippen molar-refractivity contribution in [2.75, 3.05) is 19.6 Å². The lowest BCUT2D eigenvalue weighted by atomic mass is 10.1. The van der Waals surface area contributed by atoms with Crippen LogP contribution in [0.4, 0.5) is 4.39 Å². The third-order valence-electron chi connectivity index (χ3n) is 2.22. The van der Waals surface area contributed by atoms with E-state index in [4.69, 9.17) is 17.3 Å². The molecule has 1 rings (SSSR count). The van der Waals surface area contributed by atoms with Crippen molar-refractivity contribution in [3.05, 3.63) is 34.1 Å². The highest BCUT2D eigenvalue weighted by molar-refractivity contribution is 6.31. The Bertz CT molecular complexity index is 329. The van der Waals surface area contributed by atoms with E-state index in [1.807, 2.05) is 0 Å². The first kappa shape index (κ1) is 12.4. The summed E-state index contributed by atoms with van der Waals surface area (Å²) < 4.78 is 13.2. The maximum absolute atomic E-state index is 13.2. The molecule has 0 unspecified atom stereocenters. The molecular weight excluding hydrogens is 215 g/mol. The summed E-state index contributed by atoms with van der Waals surface area (Å²) in [4.78, 5) is 0. The van der Waals surface area contributed by atoms with Crippen molar-refractivity contribution in [2.24, 2.45) is 5.73 Å². The van der Waals surface area contributed by atoms with Crippen molar-refractivity contribution < 1.29 is 4.39 Å². The van der Waals surface area contributed by atoms with Crippen LogP contribution in [-0.4, -0.2) is 19.6 Å². The first-order valence-electron chi connectivity index (χ1n) is 5.00. The monoisotopic (exact) mass is 230 g/mol. The minimum absolute atomic E-state index is 0.201. The van der Waals surface area contributed by atoms with Gasteiger partial charge in [0.15, 0.2) is 0 Å². The Kier molecular flexibility index (Phi) is 5.02. The van der Waals surface area contributed by atoms with Crippen LogP contribution in [0, 0.1) is 12.7 Å². The molecule has 0 saturated heterocycles. The summed E-state index contributed by atoms with van der Waals surface area (Å²) in [6.45, 7) is 3.85. The molecule has 0 heterocycles. The largest absolute Gasteiger partial charge is 0.329 e. The maximum atomic E-state index is 13.2. The average molecular weight is 231 g/mol. The highest BCUT2D eigenvalue weighted by atomic mass is 35.5. The van der Waals surface area contributed by atoms with E-state index in [1.165, 1.54) is 6.07 Å². The van der Waals surface area contributed by atoms with Gasteiger partial charge < -0.3 is 11.1 Å². The molecular formula is C11H16ClFN2. The summed E-state index contributed by atoms with van der Waals surface area (Å²) in [7, 11) is 0. The van der Waals surface area contributed by atoms with Crippen molar-refractivity contribution in [1.82, 2.24) is 5.32 Å².